The Hall–Kier alpha value is -2.11. The molecule has 0 aliphatic carbocycles. The first-order chi connectivity index (χ1) is 12.5. The van der Waals surface area contributed by atoms with Crippen LogP contribution in [-0.4, -0.2) is 43.5 Å². The Morgan fingerprint density at radius 3 is 2.58 bits per heavy atom. The summed E-state index contributed by atoms with van der Waals surface area (Å²) in [6.07, 6.45) is 0.432. The van der Waals surface area contributed by atoms with Crippen molar-refractivity contribution in [2.45, 2.75) is 13.3 Å². The molecule has 6 heteroatoms. The number of carbonyl (C=O) groups is 1. The van der Waals surface area contributed by atoms with E-state index in [2.05, 4.69) is 15.1 Å². The van der Waals surface area contributed by atoms with Crippen LogP contribution in [0, 0.1) is 12.7 Å². The van der Waals surface area contributed by atoms with Gasteiger partial charge in [0.2, 0.25) is 5.91 Å². The van der Waals surface area contributed by atoms with Crippen LogP contribution in [-0.2, 0) is 4.79 Å². The highest BCUT2D eigenvalue weighted by Gasteiger charge is 2.19. The van der Waals surface area contributed by atoms with Crippen molar-refractivity contribution in [3.63, 3.8) is 0 Å². The molecular formula is C20H23ClFN3O. The summed E-state index contributed by atoms with van der Waals surface area (Å²) in [5, 5.41) is 3.60. The summed E-state index contributed by atoms with van der Waals surface area (Å²) in [6, 6.07) is 12.3. The molecular weight excluding hydrogens is 353 g/mol. The lowest BCUT2D eigenvalue weighted by Crippen LogP contribution is -2.47. The Bertz CT molecular complexity index is 775. The maximum Gasteiger partial charge on any atom is 0.225 e. The third-order valence-corrected chi connectivity index (χ3v) is 4.92. The number of aryl methyl sites for hydroxylation is 1. The van der Waals surface area contributed by atoms with E-state index >= 15 is 0 Å². The largest absolute Gasteiger partial charge is 0.367 e. The van der Waals surface area contributed by atoms with E-state index in [1.807, 2.05) is 31.2 Å². The van der Waals surface area contributed by atoms with Crippen LogP contribution in [0.2, 0.25) is 5.02 Å². The number of hydrogen-bond donors (Lipinski definition) is 1. The maximum atomic E-state index is 13.9. The summed E-state index contributed by atoms with van der Waals surface area (Å²) in [6.45, 7) is 5.79. The molecule has 0 spiro atoms. The van der Waals surface area contributed by atoms with Gasteiger partial charge in [-0.25, -0.2) is 4.39 Å². The number of rotatable bonds is 5. The Labute approximate surface area is 158 Å². The lowest BCUT2D eigenvalue weighted by atomic mass is 10.2. The first-order valence-electron chi connectivity index (χ1n) is 8.81. The number of carbonyl (C=O) groups excluding carboxylic acids is 1. The minimum atomic E-state index is -0.182. The minimum absolute atomic E-state index is 0.00745. The van der Waals surface area contributed by atoms with E-state index in [1.54, 1.807) is 12.1 Å². The standard InChI is InChI=1S/C20H23ClFN3O/c1-15-14-16(21)6-7-18(15)23-20(26)8-9-24-10-12-25(13-11-24)19-5-3-2-4-17(19)22/h2-7,14H,8-13H2,1H3,(H,23,26). The predicted molar refractivity (Wildman–Crippen MR) is 104 cm³/mol. The molecule has 3 rings (SSSR count). The van der Waals surface area contributed by atoms with Crippen LogP contribution in [0.15, 0.2) is 42.5 Å². The normalized spacial score (nSPS) is 15.1. The van der Waals surface area contributed by atoms with Gasteiger partial charge in [-0.2, -0.15) is 0 Å². The van der Waals surface area contributed by atoms with E-state index in [4.69, 9.17) is 11.6 Å². The van der Waals surface area contributed by atoms with E-state index in [1.165, 1.54) is 6.07 Å². The molecule has 26 heavy (non-hydrogen) atoms. The van der Waals surface area contributed by atoms with Crippen molar-refractivity contribution in [3.05, 3.63) is 58.9 Å². The number of benzene rings is 2. The lowest BCUT2D eigenvalue weighted by Gasteiger charge is -2.36. The zero-order chi connectivity index (χ0) is 18.5. The van der Waals surface area contributed by atoms with Gasteiger partial charge in [-0.05, 0) is 42.8 Å². The van der Waals surface area contributed by atoms with Crippen molar-refractivity contribution in [1.82, 2.24) is 4.90 Å². The molecule has 0 radical (unpaired) electrons. The van der Waals surface area contributed by atoms with Gasteiger partial charge in [0, 0.05) is 49.9 Å². The highest BCUT2D eigenvalue weighted by molar-refractivity contribution is 6.30. The SMILES string of the molecule is Cc1cc(Cl)ccc1NC(=O)CCN1CCN(c2ccccc2F)CC1. The molecule has 1 fully saturated rings. The number of piperazine rings is 1. The van der Waals surface area contributed by atoms with Crippen molar-refractivity contribution >= 4 is 28.9 Å². The molecule has 138 valence electrons. The molecule has 0 saturated carbocycles. The van der Waals surface area contributed by atoms with Gasteiger partial charge in [-0.1, -0.05) is 23.7 Å². The topological polar surface area (TPSA) is 35.6 Å². The Morgan fingerprint density at radius 2 is 1.88 bits per heavy atom. The number of nitrogens with zero attached hydrogens (tertiary/aromatic N) is 2. The minimum Gasteiger partial charge on any atom is -0.367 e. The number of para-hydroxylation sites is 1. The van der Waals surface area contributed by atoms with Gasteiger partial charge in [0.1, 0.15) is 5.82 Å². The first kappa shape index (κ1) is 18.7. The maximum absolute atomic E-state index is 13.9. The summed E-state index contributed by atoms with van der Waals surface area (Å²) in [4.78, 5) is 16.5. The number of halogens is 2. The zero-order valence-corrected chi connectivity index (χ0v) is 15.6. The molecule has 0 bridgehead atoms. The molecule has 2 aromatic rings. The molecule has 0 aromatic heterocycles. The van der Waals surface area contributed by atoms with Gasteiger partial charge in [0.05, 0.1) is 5.69 Å². The third-order valence-electron chi connectivity index (χ3n) is 4.68. The third kappa shape index (κ3) is 4.74. The molecule has 2 aromatic carbocycles. The predicted octanol–water partition coefficient (Wildman–Crippen LogP) is 3.94. The molecule has 0 unspecified atom stereocenters. The molecule has 1 heterocycles. The molecule has 4 nitrogen and oxygen atoms in total. The molecule has 1 aliphatic rings. The average molecular weight is 376 g/mol. The van der Waals surface area contributed by atoms with Crippen LogP contribution in [0.4, 0.5) is 15.8 Å². The van der Waals surface area contributed by atoms with Gasteiger partial charge >= 0.3 is 0 Å². The number of nitrogens with one attached hydrogen (secondary N) is 1. The van der Waals surface area contributed by atoms with Gasteiger partial charge in [-0.3, -0.25) is 9.69 Å². The summed E-state index contributed by atoms with van der Waals surface area (Å²) in [5.74, 6) is -0.189. The summed E-state index contributed by atoms with van der Waals surface area (Å²) in [7, 11) is 0. The highest BCUT2D eigenvalue weighted by Crippen LogP contribution is 2.21. The number of hydrogen-bond acceptors (Lipinski definition) is 3. The van der Waals surface area contributed by atoms with Crippen molar-refractivity contribution < 1.29 is 9.18 Å². The van der Waals surface area contributed by atoms with E-state index in [9.17, 15) is 9.18 Å². The second-order valence-corrected chi connectivity index (χ2v) is 6.97. The number of anilines is 2. The van der Waals surface area contributed by atoms with Gasteiger partial charge in [-0.15, -0.1) is 0 Å². The first-order valence-corrected chi connectivity index (χ1v) is 9.18. The average Bonchev–Trinajstić information content (AvgIpc) is 2.63. The van der Waals surface area contributed by atoms with Crippen molar-refractivity contribution in [2.24, 2.45) is 0 Å². The Kier molecular flexibility index (Phi) is 6.12. The van der Waals surface area contributed by atoms with Gasteiger partial charge in [0.15, 0.2) is 0 Å². The molecule has 1 saturated heterocycles. The fourth-order valence-corrected chi connectivity index (χ4v) is 3.39. The van der Waals surface area contributed by atoms with Crippen molar-refractivity contribution in [2.75, 3.05) is 42.9 Å². The second-order valence-electron chi connectivity index (χ2n) is 6.54. The summed E-state index contributed by atoms with van der Waals surface area (Å²) < 4.78 is 13.9. The lowest BCUT2D eigenvalue weighted by molar-refractivity contribution is -0.116. The summed E-state index contributed by atoms with van der Waals surface area (Å²) >= 11 is 5.94. The smallest absolute Gasteiger partial charge is 0.225 e. The molecule has 1 N–H and O–H groups in total. The van der Waals surface area contributed by atoms with E-state index < -0.39 is 0 Å². The quantitative estimate of drug-likeness (QED) is 0.859. The van der Waals surface area contributed by atoms with Crippen molar-refractivity contribution in [1.29, 1.82) is 0 Å². The highest BCUT2D eigenvalue weighted by atomic mass is 35.5. The molecule has 0 atom stereocenters. The van der Waals surface area contributed by atoms with Gasteiger partial charge in [0.25, 0.3) is 0 Å². The fourth-order valence-electron chi connectivity index (χ4n) is 3.16. The second kappa shape index (κ2) is 8.52. The van der Waals surface area contributed by atoms with E-state index in [-0.39, 0.29) is 11.7 Å². The van der Waals surface area contributed by atoms with Crippen molar-refractivity contribution in [3.8, 4) is 0 Å². The van der Waals surface area contributed by atoms with Crippen LogP contribution in [0.3, 0.4) is 0 Å². The number of amides is 1. The van der Waals surface area contributed by atoms with Crippen LogP contribution < -0.4 is 10.2 Å². The summed E-state index contributed by atoms with van der Waals surface area (Å²) in [5.41, 5.74) is 2.40. The zero-order valence-electron chi connectivity index (χ0n) is 14.8. The van der Waals surface area contributed by atoms with E-state index in [0.717, 1.165) is 37.4 Å². The fraction of sp³-hybridized carbons (Fsp3) is 0.350. The van der Waals surface area contributed by atoms with Crippen LogP contribution >= 0.6 is 11.6 Å². The Balaban J connectivity index is 1.45. The molecule has 1 aliphatic heterocycles. The van der Waals surface area contributed by atoms with Crippen LogP contribution in [0.25, 0.3) is 0 Å². The van der Waals surface area contributed by atoms with Crippen LogP contribution in [0.1, 0.15) is 12.0 Å². The van der Waals surface area contributed by atoms with Crippen LogP contribution in [0.5, 0.6) is 0 Å². The molecule has 1 amide bonds. The van der Waals surface area contributed by atoms with E-state index in [0.29, 0.717) is 23.7 Å². The monoisotopic (exact) mass is 375 g/mol. The Morgan fingerprint density at radius 1 is 1.15 bits per heavy atom. The van der Waals surface area contributed by atoms with Gasteiger partial charge < -0.3 is 10.2 Å².